The fourth-order valence-electron chi connectivity index (χ4n) is 3.47. The molecule has 4 aromatic rings. The normalized spacial score (nSPS) is 11.3. The molecule has 34 heavy (non-hydrogen) atoms. The number of rotatable bonds is 6. The molecule has 0 fully saturated rings. The van der Waals surface area contributed by atoms with Gasteiger partial charge in [0.2, 0.25) is 0 Å². The lowest BCUT2D eigenvalue weighted by atomic mass is 10.1. The Morgan fingerprint density at radius 1 is 1.09 bits per heavy atom. The number of ether oxygens (including phenoxy) is 1. The molecule has 1 amide bonds. The van der Waals surface area contributed by atoms with Gasteiger partial charge in [-0.15, -0.1) is 0 Å². The highest BCUT2D eigenvalue weighted by atomic mass is 19.4. The zero-order chi connectivity index (χ0) is 24.3. The minimum Gasteiger partial charge on any atom is -0.457 e. The Bertz CT molecular complexity index is 1310. The minimum atomic E-state index is -4.39. The first-order chi connectivity index (χ1) is 16.2. The van der Waals surface area contributed by atoms with Crippen molar-refractivity contribution >= 4 is 5.91 Å². The number of alkyl halides is 3. The van der Waals surface area contributed by atoms with Gasteiger partial charge >= 0.3 is 6.18 Å². The summed E-state index contributed by atoms with van der Waals surface area (Å²) in [6.45, 7) is 1.88. The number of benzene rings is 2. The van der Waals surface area contributed by atoms with Gasteiger partial charge in [0.1, 0.15) is 11.5 Å². The molecule has 8 heteroatoms. The minimum absolute atomic E-state index is 0.103. The molecule has 0 saturated heterocycles. The van der Waals surface area contributed by atoms with Crippen LogP contribution in [0.25, 0.3) is 11.3 Å². The van der Waals surface area contributed by atoms with Crippen molar-refractivity contribution in [3.8, 4) is 22.8 Å². The maximum atomic E-state index is 12.8. The quantitative estimate of drug-likeness (QED) is 0.372. The molecule has 0 radical (unpaired) electrons. The highest BCUT2D eigenvalue weighted by molar-refractivity contribution is 5.96. The summed E-state index contributed by atoms with van der Waals surface area (Å²) in [5.74, 6) is 0.759. The number of amides is 1. The molecule has 0 unspecified atom stereocenters. The summed E-state index contributed by atoms with van der Waals surface area (Å²) in [7, 11) is 1.93. The summed E-state index contributed by atoms with van der Waals surface area (Å²) in [4.78, 5) is 17.1. The van der Waals surface area contributed by atoms with Crippen LogP contribution in [0.15, 0.2) is 79.3 Å². The molecule has 2 heterocycles. The van der Waals surface area contributed by atoms with Crippen LogP contribution in [0.5, 0.6) is 11.5 Å². The lowest BCUT2D eigenvalue weighted by Gasteiger charge is -2.13. The van der Waals surface area contributed by atoms with Crippen molar-refractivity contribution in [1.29, 1.82) is 0 Å². The number of carbonyl (C=O) groups is 1. The zero-order valence-electron chi connectivity index (χ0n) is 18.6. The molecule has 174 valence electrons. The molecule has 5 nitrogen and oxygen atoms in total. The van der Waals surface area contributed by atoms with Crippen LogP contribution in [-0.4, -0.2) is 15.5 Å². The van der Waals surface area contributed by atoms with E-state index >= 15 is 0 Å². The number of nitrogens with one attached hydrogen (secondary N) is 1. The Labute approximate surface area is 194 Å². The van der Waals surface area contributed by atoms with Crippen molar-refractivity contribution < 1.29 is 22.7 Å². The lowest BCUT2D eigenvalue weighted by Crippen LogP contribution is -2.23. The van der Waals surface area contributed by atoms with Crippen LogP contribution < -0.4 is 10.1 Å². The largest absolute Gasteiger partial charge is 0.457 e. The Kier molecular flexibility index (Phi) is 6.40. The van der Waals surface area contributed by atoms with Gasteiger partial charge in [-0.25, -0.2) is 0 Å². The van der Waals surface area contributed by atoms with Crippen LogP contribution in [0.2, 0.25) is 0 Å². The summed E-state index contributed by atoms with van der Waals surface area (Å²) >= 11 is 0. The van der Waals surface area contributed by atoms with Crippen molar-refractivity contribution in [3.63, 3.8) is 0 Å². The number of hydrogen-bond donors (Lipinski definition) is 1. The second-order valence-electron chi connectivity index (χ2n) is 7.85. The Morgan fingerprint density at radius 3 is 2.53 bits per heavy atom. The van der Waals surface area contributed by atoms with E-state index in [0.29, 0.717) is 28.2 Å². The van der Waals surface area contributed by atoms with Gasteiger partial charge in [0.25, 0.3) is 5.91 Å². The van der Waals surface area contributed by atoms with E-state index in [1.165, 1.54) is 12.1 Å². The van der Waals surface area contributed by atoms with E-state index in [4.69, 9.17) is 4.74 Å². The van der Waals surface area contributed by atoms with Crippen molar-refractivity contribution in [2.24, 2.45) is 7.05 Å². The first-order valence-corrected chi connectivity index (χ1v) is 10.5. The number of hydrogen-bond acceptors (Lipinski definition) is 3. The Morgan fingerprint density at radius 2 is 1.85 bits per heavy atom. The molecule has 0 aliphatic heterocycles. The van der Waals surface area contributed by atoms with Gasteiger partial charge in [0.05, 0.1) is 11.3 Å². The summed E-state index contributed by atoms with van der Waals surface area (Å²) in [5.41, 5.74) is 2.63. The average molecular weight is 465 g/mol. The van der Waals surface area contributed by atoms with Crippen LogP contribution in [-0.2, 0) is 19.8 Å². The second kappa shape index (κ2) is 9.43. The third-order valence-corrected chi connectivity index (χ3v) is 5.35. The van der Waals surface area contributed by atoms with Crippen molar-refractivity contribution in [3.05, 3.63) is 102 Å². The molecule has 0 atom stereocenters. The Balaban J connectivity index is 1.46. The van der Waals surface area contributed by atoms with Crippen molar-refractivity contribution in [1.82, 2.24) is 14.9 Å². The fourth-order valence-corrected chi connectivity index (χ4v) is 3.47. The van der Waals surface area contributed by atoms with Gasteiger partial charge in [-0.2, -0.15) is 13.2 Å². The van der Waals surface area contributed by atoms with E-state index in [2.05, 4.69) is 10.3 Å². The second-order valence-corrected chi connectivity index (χ2v) is 7.85. The molecule has 4 rings (SSSR count). The number of carbonyl (C=O) groups excluding carboxylic acids is 1. The number of pyridine rings is 1. The molecule has 1 N–H and O–H groups in total. The predicted octanol–water partition coefficient (Wildman–Crippen LogP) is 6.14. The highest BCUT2D eigenvalue weighted by Crippen LogP contribution is 2.30. The molecule has 0 aliphatic rings. The first-order valence-electron chi connectivity index (χ1n) is 10.5. The standard InChI is InChI=1S/C26H22F3N3O2/c1-17-22(25(33)31-15-18-6-8-20(9-7-18)26(27,28)29)4-3-5-24(17)34-21-10-12-30-23(14-21)19-11-13-32(2)16-19/h3-14,16H,15H2,1-2H3,(H,31,33). The molecule has 0 bridgehead atoms. The first kappa shape index (κ1) is 23.1. The smallest absolute Gasteiger partial charge is 0.416 e. The van der Waals surface area contributed by atoms with Crippen LogP contribution in [0, 0.1) is 6.92 Å². The van der Waals surface area contributed by atoms with Crippen LogP contribution >= 0.6 is 0 Å². The van der Waals surface area contributed by atoms with Gasteiger partial charge in [0.15, 0.2) is 0 Å². The van der Waals surface area contributed by atoms with E-state index in [9.17, 15) is 18.0 Å². The van der Waals surface area contributed by atoms with Gasteiger partial charge < -0.3 is 14.6 Å². The number of nitrogens with zero attached hydrogens (tertiary/aromatic N) is 2. The van der Waals surface area contributed by atoms with Gasteiger partial charge in [-0.05, 0) is 48.9 Å². The summed E-state index contributed by atoms with van der Waals surface area (Å²) in [5, 5.41) is 2.75. The SMILES string of the molecule is Cc1c(Oc2ccnc(-c3ccn(C)c3)c2)cccc1C(=O)NCc1ccc(C(F)(F)F)cc1. The van der Waals surface area contributed by atoms with E-state index in [-0.39, 0.29) is 12.5 Å². The molecule has 0 spiro atoms. The van der Waals surface area contributed by atoms with Crippen LogP contribution in [0.3, 0.4) is 0 Å². The number of aromatic nitrogens is 2. The molecular weight excluding hydrogens is 443 g/mol. The topological polar surface area (TPSA) is 56.2 Å². The molecule has 2 aromatic carbocycles. The lowest BCUT2D eigenvalue weighted by molar-refractivity contribution is -0.137. The molecule has 0 saturated carbocycles. The van der Waals surface area contributed by atoms with Crippen molar-refractivity contribution in [2.75, 3.05) is 0 Å². The average Bonchev–Trinajstić information content (AvgIpc) is 3.25. The van der Waals surface area contributed by atoms with Crippen molar-refractivity contribution in [2.45, 2.75) is 19.6 Å². The van der Waals surface area contributed by atoms with Crippen LogP contribution in [0.4, 0.5) is 13.2 Å². The monoisotopic (exact) mass is 465 g/mol. The third-order valence-electron chi connectivity index (χ3n) is 5.35. The van der Waals surface area contributed by atoms with Gasteiger partial charge in [0, 0.05) is 54.9 Å². The summed E-state index contributed by atoms with van der Waals surface area (Å²) in [6, 6.07) is 15.4. The summed E-state index contributed by atoms with van der Waals surface area (Å²) < 4.78 is 46.1. The van der Waals surface area contributed by atoms with E-state index in [0.717, 1.165) is 23.4 Å². The van der Waals surface area contributed by atoms with Gasteiger partial charge in [-0.3, -0.25) is 9.78 Å². The zero-order valence-corrected chi connectivity index (χ0v) is 18.6. The predicted molar refractivity (Wildman–Crippen MR) is 123 cm³/mol. The van der Waals surface area contributed by atoms with Crippen LogP contribution in [0.1, 0.15) is 27.0 Å². The third kappa shape index (κ3) is 5.28. The van der Waals surface area contributed by atoms with E-state index in [1.807, 2.05) is 36.1 Å². The summed E-state index contributed by atoms with van der Waals surface area (Å²) in [6.07, 6.45) is 1.16. The molecular formula is C26H22F3N3O2. The van der Waals surface area contributed by atoms with Gasteiger partial charge in [-0.1, -0.05) is 18.2 Å². The number of aryl methyl sites for hydroxylation is 1. The number of halogens is 3. The maximum Gasteiger partial charge on any atom is 0.416 e. The van der Waals surface area contributed by atoms with E-state index < -0.39 is 11.7 Å². The Hall–Kier alpha value is -4.07. The molecule has 2 aromatic heterocycles. The fraction of sp³-hybridized carbons (Fsp3) is 0.154. The highest BCUT2D eigenvalue weighted by Gasteiger charge is 2.29. The maximum absolute atomic E-state index is 12.8. The van der Waals surface area contributed by atoms with E-state index in [1.54, 1.807) is 37.4 Å². The molecule has 0 aliphatic carbocycles.